The Bertz CT molecular complexity index is 1670. The van der Waals surface area contributed by atoms with Crippen LogP contribution < -0.4 is 10.1 Å². The largest absolute Gasteiger partial charge is 0.497 e. The predicted molar refractivity (Wildman–Crippen MR) is 139 cm³/mol. The maximum atomic E-state index is 13.1. The summed E-state index contributed by atoms with van der Waals surface area (Å²) >= 11 is 0. The van der Waals surface area contributed by atoms with Gasteiger partial charge in [0.2, 0.25) is 0 Å². The first-order chi connectivity index (χ1) is 17.9. The van der Waals surface area contributed by atoms with Gasteiger partial charge in [0.25, 0.3) is 11.8 Å². The SMILES string of the molecule is COc1ccc2cc(-c3cc(C(=O)OCC(=O)NC(=O)c4cccn4C)c4ccccc4n3)ccc2c1. The number of carbonyl (C=O) groups is 3. The molecule has 2 aromatic heterocycles. The first-order valence-corrected chi connectivity index (χ1v) is 11.5. The highest BCUT2D eigenvalue weighted by Crippen LogP contribution is 2.29. The number of esters is 1. The Labute approximate surface area is 212 Å². The number of imide groups is 1. The summed E-state index contributed by atoms with van der Waals surface area (Å²) in [7, 11) is 3.32. The van der Waals surface area contributed by atoms with Crippen LogP contribution in [0.3, 0.4) is 0 Å². The van der Waals surface area contributed by atoms with Crippen LogP contribution in [0.15, 0.2) is 85.1 Å². The van der Waals surface area contributed by atoms with Crippen molar-refractivity contribution in [3.05, 3.63) is 96.3 Å². The molecule has 0 bridgehead atoms. The van der Waals surface area contributed by atoms with Gasteiger partial charge in [0.15, 0.2) is 6.61 Å². The molecule has 184 valence electrons. The molecule has 2 amide bonds. The number of amides is 2. The van der Waals surface area contributed by atoms with E-state index in [-0.39, 0.29) is 5.56 Å². The summed E-state index contributed by atoms with van der Waals surface area (Å²) in [4.78, 5) is 42.3. The molecular formula is C29H23N3O5. The van der Waals surface area contributed by atoms with Crippen LogP contribution in [0.2, 0.25) is 0 Å². The number of para-hydroxylation sites is 1. The van der Waals surface area contributed by atoms with Crippen molar-refractivity contribution in [3.8, 4) is 17.0 Å². The van der Waals surface area contributed by atoms with Crippen LogP contribution in [-0.4, -0.2) is 41.1 Å². The highest BCUT2D eigenvalue weighted by molar-refractivity contribution is 6.07. The number of aryl methyl sites for hydroxylation is 1. The third-order valence-electron chi connectivity index (χ3n) is 6.04. The van der Waals surface area contributed by atoms with Crippen LogP contribution in [0.1, 0.15) is 20.8 Å². The lowest BCUT2D eigenvalue weighted by Crippen LogP contribution is -2.35. The molecule has 0 saturated carbocycles. The molecule has 0 aliphatic heterocycles. The molecular weight excluding hydrogens is 470 g/mol. The first kappa shape index (κ1) is 23.7. The minimum Gasteiger partial charge on any atom is -0.497 e. The lowest BCUT2D eigenvalue weighted by Gasteiger charge is -2.11. The van der Waals surface area contributed by atoms with Crippen molar-refractivity contribution < 1.29 is 23.9 Å². The number of nitrogens with one attached hydrogen (secondary N) is 1. The third-order valence-corrected chi connectivity index (χ3v) is 6.04. The Morgan fingerprint density at radius 1 is 0.919 bits per heavy atom. The van der Waals surface area contributed by atoms with Crippen molar-refractivity contribution in [3.63, 3.8) is 0 Å². The standard InChI is InChI=1S/C29H23N3O5/c1-32-13-5-8-26(32)28(34)31-27(33)17-37-29(35)23-16-25(30-24-7-4-3-6-22(23)24)20-10-9-19-15-21(36-2)12-11-18(19)14-20/h3-16H,17H2,1-2H3,(H,31,33,34). The van der Waals surface area contributed by atoms with Gasteiger partial charge in [-0.15, -0.1) is 0 Å². The number of carbonyl (C=O) groups excluding carboxylic acids is 3. The average Bonchev–Trinajstić information content (AvgIpc) is 3.36. The second kappa shape index (κ2) is 9.94. The summed E-state index contributed by atoms with van der Waals surface area (Å²) in [5.41, 5.74) is 2.62. The van der Waals surface area contributed by atoms with Gasteiger partial charge in [-0.1, -0.05) is 36.4 Å². The van der Waals surface area contributed by atoms with Gasteiger partial charge >= 0.3 is 5.97 Å². The maximum absolute atomic E-state index is 13.1. The number of pyridine rings is 1. The van der Waals surface area contributed by atoms with Gasteiger partial charge in [0.05, 0.1) is 23.9 Å². The van der Waals surface area contributed by atoms with Gasteiger partial charge < -0.3 is 14.0 Å². The number of fused-ring (bicyclic) bond motifs is 2. The number of rotatable bonds is 6. The topological polar surface area (TPSA) is 99.5 Å². The maximum Gasteiger partial charge on any atom is 0.339 e. The fourth-order valence-corrected chi connectivity index (χ4v) is 4.13. The van der Waals surface area contributed by atoms with Crippen LogP contribution in [0.4, 0.5) is 0 Å². The monoisotopic (exact) mass is 493 g/mol. The number of nitrogens with zero attached hydrogens (tertiary/aromatic N) is 2. The fourth-order valence-electron chi connectivity index (χ4n) is 4.13. The highest BCUT2D eigenvalue weighted by Gasteiger charge is 2.18. The molecule has 3 aromatic carbocycles. The summed E-state index contributed by atoms with van der Waals surface area (Å²) in [5.74, 6) is -1.21. The van der Waals surface area contributed by atoms with E-state index in [9.17, 15) is 14.4 Å². The van der Waals surface area contributed by atoms with E-state index in [0.29, 0.717) is 22.3 Å². The van der Waals surface area contributed by atoms with E-state index in [4.69, 9.17) is 14.5 Å². The van der Waals surface area contributed by atoms with Crippen molar-refractivity contribution in [1.29, 1.82) is 0 Å². The van der Waals surface area contributed by atoms with Crippen molar-refractivity contribution in [2.45, 2.75) is 0 Å². The van der Waals surface area contributed by atoms with Gasteiger partial charge in [0, 0.05) is 24.2 Å². The molecule has 2 heterocycles. The van der Waals surface area contributed by atoms with E-state index in [2.05, 4.69) is 5.32 Å². The van der Waals surface area contributed by atoms with Gasteiger partial charge in [-0.05, 0) is 53.2 Å². The summed E-state index contributed by atoms with van der Waals surface area (Å²) in [5, 5.41) is 4.84. The van der Waals surface area contributed by atoms with Gasteiger partial charge in [-0.25, -0.2) is 9.78 Å². The smallest absolute Gasteiger partial charge is 0.339 e. The average molecular weight is 494 g/mol. The number of ether oxygens (including phenoxy) is 2. The summed E-state index contributed by atoms with van der Waals surface area (Å²) in [6, 6.07) is 23.8. The number of aromatic nitrogens is 2. The molecule has 0 atom stereocenters. The first-order valence-electron chi connectivity index (χ1n) is 11.5. The summed E-state index contributed by atoms with van der Waals surface area (Å²) in [6.07, 6.45) is 1.69. The summed E-state index contributed by atoms with van der Waals surface area (Å²) in [6.45, 7) is -0.598. The van der Waals surface area contributed by atoms with E-state index >= 15 is 0 Å². The van der Waals surface area contributed by atoms with Crippen molar-refractivity contribution in [1.82, 2.24) is 14.9 Å². The molecule has 8 heteroatoms. The van der Waals surface area contributed by atoms with Gasteiger partial charge in [-0.3, -0.25) is 14.9 Å². The van der Waals surface area contributed by atoms with Crippen molar-refractivity contribution in [2.24, 2.45) is 7.05 Å². The molecule has 0 saturated heterocycles. The molecule has 8 nitrogen and oxygen atoms in total. The highest BCUT2D eigenvalue weighted by atomic mass is 16.5. The normalized spacial score (nSPS) is 10.9. The van der Waals surface area contributed by atoms with E-state index < -0.39 is 24.4 Å². The molecule has 0 unspecified atom stereocenters. The number of methoxy groups -OCH3 is 1. The second-order valence-electron chi connectivity index (χ2n) is 8.46. The fraction of sp³-hybridized carbons (Fsp3) is 0.103. The Morgan fingerprint density at radius 2 is 1.70 bits per heavy atom. The molecule has 0 spiro atoms. The van der Waals surface area contributed by atoms with E-state index in [1.54, 1.807) is 55.3 Å². The Kier molecular flexibility index (Phi) is 6.38. The van der Waals surface area contributed by atoms with E-state index in [0.717, 1.165) is 22.1 Å². The van der Waals surface area contributed by atoms with Gasteiger partial charge in [-0.2, -0.15) is 0 Å². The van der Waals surface area contributed by atoms with Crippen LogP contribution >= 0.6 is 0 Å². The van der Waals surface area contributed by atoms with E-state index in [1.165, 1.54) is 0 Å². The lowest BCUT2D eigenvalue weighted by atomic mass is 10.0. The van der Waals surface area contributed by atoms with Crippen LogP contribution in [0.25, 0.3) is 32.9 Å². The zero-order valence-electron chi connectivity index (χ0n) is 20.2. The minimum atomic E-state index is -0.719. The third kappa shape index (κ3) is 4.90. The number of benzene rings is 3. The molecule has 1 N–H and O–H groups in total. The Morgan fingerprint density at radius 3 is 2.49 bits per heavy atom. The molecule has 37 heavy (non-hydrogen) atoms. The Balaban J connectivity index is 1.40. The van der Waals surface area contributed by atoms with Crippen molar-refractivity contribution >= 4 is 39.5 Å². The molecule has 0 fully saturated rings. The zero-order chi connectivity index (χ0) is 25.9. The zero-order valence-corrected chi connectivity index (χ0v) is 20.2. The molecule has 0 aliphatic carbocycles. The quantitative estimate of drug-likeness (QED) is 0.349. The molecule has 5 aromatic rings. The predicted octanol–water partition coefficient (Wildman–Crippen LogP) is 4.52. The van der Waals surface area contributed by atoms with Crippen molar-refractivity contribution in [2.75, 3.05) is 13.7 Å². The number of hydrogen-bond acceptors (Lipinski definition) is 6. The Hall–Kier alpha value is -4.98. The molecule has 0 radical (unpaired) electrons. The second-order valence-corrected chi connectivity index (χ2v) is 8.46. The van der Waals surface area contributed by atoms with Gasteiger partial charge in [0.1, 0.15) is 11.4 Å². The van der Waals surface area contributed by atoms with Crippen LogP contribution in [0, 0.1) is 0 Å². The summed E-state index contributed by atoms with van der Waals surface area (Å²) < 4.78 is 12.2. The minimum absolute atomic E-state index is 0.275. The molecule has 5 rings (SSSR count). The number of hydrogen-bond donors (Lipinski definition) is 1. The van der Waals surface area contributed by atoms with Crippen LogP contribution in [0.5, 0.6) is 5.75 Å². The van der Waals surface area contributed by atoms with E-state index in [1.807, 2.05) is 48.5 Å². The molecule has 0 aliphatic rings. The lowest BCUT2D eigenvalue weighted by molar-refractivity contribution is -0.123. The van der Waals surface area contributed by atoms with Crippen LogP contribution in [-0.2, 0) is 16.6 Å².